The van der Waals surface area contributed by atoms with Gasteiger partial charge in [0.25, 0.3) is 10.0 Å². The lowest BCUT2D eigenvalue weighted by atomic mass is 10.2. The minimum absolute atomic E-state index is 0.0711. The normalized spacial score (nSPS) is 11.1. The fourth-order valence-electron chi connectivity index (χ4n) is 2.64. The molecule has 1 aromatic heterocycles. The standard InChI is InChI=1S/C20H19ClN4O3S/c1-15-7-8-18(21)19(9-15)25(29(27,28)17-5-3-2-4-6-17)13-20(26)24-12-16-10-22-14-23-11-16/h2-11,14H,12-13H2,1H3,(H,24,26). The van der Waals surface area contributed by atoms with Gasteiger partial charge in [-0.05, 0) is 36.8 Å². The van der Waals surface area contributed by atoms with E-state index in [1.54, 1.807) is 48.8 Å². The molecule has 29 heavy (non-hydrogen) atoms. The molecule has 1 N–H and O–H groups in total. The highest BCUT2D eigenvalue weighted by molar-refractivity contribution is 7.92. The van der Waals surface area contributed by atoms with E-state index in [1.165, 1.54) is 18.5 Å². The van der Waals surface area contributed by atoms with Crippen LogP contribution < -0.4 is 9.62 Å². The number of nitrogens with zero attached hydrogens (tertiary/aromatic N) is 3. The van der Waals surface area contributed by atoms with E-state index in [0.29, 0.717) is 5.56 Å². The molecule has 9 heteroatoms. The first-order valence-electron chi connectivity index (χ1n) is 8.72. The molecule has 150 valence electrons. The molecule has 1 amide bonds. The number of aromatic nitrogens is 2. The van der Waals surface area contributed by atoms with Crippen molar-refractivity contribution in [3.05, 3.63) is 83.4 Å². The number of hydrogen-bond acceptors (Lipinski definition) is 5. The van der Waals surface area contributed by atoms with Crippen LogP contribution in [0.5, 0.6) is 0 Å². The maximum atomic E-state index is 13.3. The van der Waals surface area contributed by atoms with Gasteiger partial charge in [-0.15, -0.1) is 0 Å². The predicted molar refractivity (Wildman–Crippen MR) is 111 cm³/mol. The largest absolute Gasteiger partial charge is 0.350 e. The molecule has 0 atom stereocenters. The number of rotatable bonds is 7. The molecule has 0 saturated heterocycles. The Labute approximate surface area is 174 Å². The number of sulfonamides is 1. The summed E-state index contributed by atoms with van der Waals surface area (Å²) in [6, 6.07) is 12.9. The molecular weight excluding hydrogens is 412 g/mol. The summed E-state index contributed by atoms with van der Waals surface area (Å²) in [6.45, 7) is 1.58. The topological polar surface area (TPSA) is 92.3 Å². The molecule has 0 aliphatic rings. The molecule has 0 spiro atoms. The first kappa shape index (κ1) is 20.8. The van der Waals surface area contributed by atoms with Crippen molar-refractivity contribution in [2.75, 3.05) is 10.8 Å². The zero-order valence-corrected chi connectivity index (χ0v) is 17.2. The highest BCUT2D eigenvalue weighted by Crippen LogP contribution is 2.31. The molecular formula is C20H19ClN4O3S. The molecule has 7 nitrogen and oxygen atoms in total. The lowest BCUT2D eigenvalue weighted by Crippen LogP contribution is -2.40. The van der Waals surface area contributed by atoms with Crippen molar-refractivity contribution in [1.29, 1.82) is 0 Å². The number of nitrogens with one attached hydrogen (secondary N) is 1. The number of amides is 1. The smallest absolute Gasteiger partial charge is 0.264 e. The summed E-state index contributed by atoms with van der Waals surface area (Å²) in [4.78, 5) is 20.4. The van der Waals surface area contributed by atoms with Crippen molar-refractivity contribution in [1.82, 2.24) is 15.3 Å². The van der Waals surface area contributed by atoms with Gasteiger partial charge in [-0.25, -0.2) is 18.4 Å². The molecule has 0 radical (unpaired) electrons. The predicted octanol–water partition coefficient (Wildman–Crippen LogP) is 2.95. The lowest BCUT2D eigenvalue weighted by Gasteiger charge is -2.25. The molecule has 0 fully saturated rings. The van der Waals surface area contributed by atoms with Crippen molar-refractivity contribution in [2.45, 2.75) is 18.4 Å². The number of hydrogen-bond donors (Lipinski definition) is 1. The van der Waals surface area contributed by atoms with E-state index in [0.717, 1.165) is 9.87 Å². The van der Waals surface area contributed by atoms with Gasteiger partial charge < -0.3 is 5.32 Å². The van der Waals surface area contributed by atoms with E-state index in [4.69, 9.17) is 11.6 Å². The fourth-order valence-corrected chi connectivity index (χ4v) is 4.36. The Balaban J connectivity index is 1.91. The second-order valence-corrected chi connectivity index (χ2v) is 8.57. The van der Waals surface area contributed by atoms with Gasteiger partial charge in [-0.1, -0.05) is 35.9 Å². The molecule has 0 aliphatic heterocycles. The summed E-state index contributed by atoms with van der Waals surface area (Å²) in [5.41, 5.74) is 1.76. The van der Waals surface area contributed by atoms with E-state index in [1.807, 2.05) is 6.92 Å². The third kappa shape index (κ3) is 5.10. The molecule has 1 heterocycles. The van der Waals surface area contributed by atoms with Crippen molar-refractivity contribution in [3.63, 3.8) is 0 Å². The Hall–Kier alpha value is -2.97. The quantitative estimate of drug-likeness (QED) is 0.622. The van der Waals surface area contributed by atoms with E-state index in [2.05, 4.69) is 15.3 Å². The molecule has 0 saturated carbocycles. The number of carbonyl (C=O) groups is 1. The SMILES string of the molecule is Cc1ccc(Cl)c(N(CC(=O)NCc2cncnc2)S(=O)(=O)c2ccccc2)c1. The first-order chi connectivity index (χ1) is 13.9. The van der Waals surface area contributed by atoms with Crippen molar-refractivity contribution < 1.29 is 13.2 Å². The zero-order valence-electron chi connectivity index (χ0n) is 15.6. The summed E-state index contributed by atoms with van der Waals surface area (Å²) in [5.74, 6) is -0.481. The highest BCUT2D eigenvalue weighted by Gasteiger charge is 2.28. The summed E-state index contributed by atoms with van der Waals surface area (Å²) in [6.07, 6.45) is 4.53. The van der Waals surface area contributed by atoms with E-state index < -0.39 is 22.5 Å². The lowest BCUT2D eigenvalue weighted by molar-refractivity contribution is -0.119. The summed E-state index contributed by atoms with van der Waals surface area (Å²) >= 11 is 6.29. The van der Waals surface area contributed by atoms with Crippen LogP contribution in [-0.4, -0.2) is 30.8 Å². The molecule has 0 bridgehead atoms. The van der Waals surface area contributed by atoms with Crippen LogP contribution in [0.2, 0.25) is 5.02 Å². The Morgan fingerprint density at radius 1 is 1.10 bits per heavy atom. The van der Waals surface area contributed by atoms with E-state index >= 15 is 0 Å². The van der Waals surface area contributed by atoms with Gasteiger partial charge in [0.05, 0.1) is 15.6 Å². The van der Waals surface area contributed by atoms with Crippen LogP contribution in [0.4, 0.5) is 5.69 Å². The van der Waals surface area contributed by atoms with E-state index in [-0.39, 0.29) is 22.2 Å². The van der Waals surface area contributed by atoms with Crippen LogP contribution in [0.15, 0.2) is 72.1 Å². The summed E-state index contributed by atoms with van der Waals surface area (Å²) in [5, 5.41) is 2.92. The maximum Gasteiger partial charge on any atom is 0.264 e. The van der Waals surface area contributed by atoms with Crippen molar-refractivity contribution in [2.24, 2.45) is 0 Å². The fraction of sp³-hybridized carbons (Fsp3) is 0.150. The zero-order chi connectivity index (χ0) is 20.9. The van der Waals surface area contributed by atoms with Gasteiger partial charge in [0.15, 0.2) is 0 Å². The second kappa shape index (κ2) is 9.02. The Morgan fingerprint density at radius 2 is 1.79 bits per heavy atom. The van der Waals surface area contributed by atoms with Gasteiger partial charge in [0.2, 0.25) is 5.91 Å². The van der Waals surface area contributed by atoms with Crippen LogP contribution >= 0.6 is 11.6 Å². The Morgan fingerprint density at radius 3 is 2.48 bits per heavy atom. The summed E-state index contributed by atoms with van der Waals surface area (Å²) in [7, 11) is -4.01. The maximum absolute atomic E-state index is 13.3. The Bertz CT molecular complexity index is 1090. The molecule has 2 aromatic carbocycles. The van der Waals surface area contributed by atoms with Gasteiger partial charge >= 0.3 is 0 Å². The van der Waals surface area contributed by atoms with Crippen molar-refractivity contribution in [3.8, 4) is 0 Å². The molecule has 3 aromatic rings. The summed E-state index contributed by atoms with van der Waals surface area (Å²) < 4.78 is 27.6. The monoisotopic (exact) mass is 430 g/mol. The molecule has 0 unspecified atom stereocenters. The minimum Gasteiger partial charge on any atom is -0.350 e. The van der Waals surface area contributed by atoms with E-state index in [9.17, 15) is 13.2 Å². The third-order valence-electron chi connectivity index (χ3n) is 4.09. The average molecular weight is 431 g/mol. The van der Waals surface area contributed by atoms with Crippen LogP contribution in [0, 0.1) is 6.92 Å². The van der Waals surface area contributed by atoms with Crippen molar-refractivity contribution >= 4 is 33.2 Å². The average Bonchev–Trinajstić information content (AvgIpc) is 2.73. The second-order valence-electron chi connectivity index (χ2n) is 6.30. The van der Waals surface area contributed by atoms with Gasteiger partial charge in [0.1, 0.15) is 12.9 Å². The number of aryl methyl sites for hydroxylation is 1. The Kier molecular flexibility index (Phi) is 6.46. The van der Waals surface area contributed by atoms with Gasteiger partial charge in [-0.3, -0.25) is 9.10 Å². The molecule has 0 aliphatic carbocycles. The number of halogens is 1. The molecule has 3 rings (SSSR count). The number of carbonyl (C=O) groups excluding carboxylic acids is 1. The van der Waals surface area contributed by atoms with Gasteiger partial charge in [-0.2, -0.15) is 0 Å². The minimum atomic E-state index is -4.01. The van der Waals surface area contributed by atoms with Crippen LogP contribution in [0.3, 0.4) is 0 Å². The third-order valence-corrected chi connectivity index (χ3v) is 6.19. The first-order valence-corrected chi connectivity index (χ1v) is 10.5. The number of benzene rings is 2. The van der Waals surface area contributed by atoms with Crippen LogP contribution in [0.25, 0.3) is 0 Å². The van der Waals surface area contributed by atoms with Crippen LogP contribution in [-0.2, 0) is 21.4 Å². The number of anilines is 1. The van der Waals surface area contributed by atoms with Crippen LogP contribution in [0.1, 0.15) is 11.1 Å². The van der Waals surface area contributed by atoms with Gasteiger partial charge in [0, 0.05) is 24.5 Å². The highest BCUT2D eigenvalue weighted by atomic mass is 35.5.